The molecule has 12 heteroatoms. The quantitative estimate of drug-likeness (QED) is 0.249. The summed E-state index contributed by atoms with van der Waals surface area (Å²) in [5.41, 5.74) is -2.63. The lowest BCUT2D eigenvalue weighted by atomic mass is 9.72. The molecule has 1 saturated carbocycles. The lowest BCUT2D eigenvalue weighted by Gasteiger charge is -2.42. The molecule has 0 spiro atoms. The lowest BCUT2D eigenvalue weighted by Crippen LogP contribution is -2.56. The Balaban J connectivity index is 2.30. The largest absolute Gasteiger partial charge is 0.462 e. The first-order valence-corrected chi connectivity index (χ1v) is 15.1. The van der Waals surface area contributed by atoms with E-state index >= 15 is 0 Å². The number of pyridine rings is 1. The van der Waals surface area contributed by atoms with Gasteiger partial charge in [-0.1, -0.05) is 46.4 Å². The van der Waals surface area contributed by atoms with Crippen molar-refractivity contribution in [2.75, 3.05) is 0 Å². The van der Waals surface area contributed by atoms with Gasteiger partial charge in [-0.05, 0) is 23.6 Å². The molecule has 0 saturated heterocycles. The monoisotopic (exact) mass is 641 g/mol. The first-order chi connectivity index (χ1) is 21.4. The molecular weight excluding hydrogens is 598 g/mol. The number of nitrogens with zero attached hydrogens (tertiary/aromatic N) is 1. The molecule has 0 amide bonds. The zero-order chi connectivity index (χ0) is 34.6. The lowest BCUT2D eigenvalue weighted by molar-refractivity contribution is -0.185. The van der Waals surface area contributed by atoms with Crippen LogP contribution in [0.1, 0.15) is 78.6 Å². The van der Waals surface area contributed by atoms with Crippen LogP contribution in [0.3, 0.4) is 0 Å². The minimum absolute atomic E-state index is 0.0284. The molecule has 3 rings (SSSR count). The van der Waals surface area contributed by atoms with Crippen LogP contribution >= 0.6 is 0 Å². The van der Waals surface area contributed by atoms with Gasteiger partial charge in [0.1, 0.15) is 24.4 Å². The van der Waals surface area contributed by atoms with Crippen molar-refractivity contribution in [2.24, 2.45) is 23.2 Å². The molecule has 1 aromatic rings. The highest BCUT2D eigenvalue weighted by Gasteiger charge is 2.65. The average molecular weight is 642 g/mol. The number of hydrogen-bond donors (Lipinski definition) is 0. The van der Waals surface area contributed by atoms with Gasteiger partial charge >= 0.3 is 29.8 Å². The molecule has 12 nitrogen and oxygen atoms in total. The molecule has 0 unspecified atom stereocenters. The van der Waals surface area contributed by atoms with Gasteiger partial charge in [-0.3, -0.25) is 29.0 Å². The molecule has 250 valence electrons. The topological polar surface area (TPSA) is 161 Å². The summed E-state index contributed by atoms with van der Waals surface area (Å²) in [5, 5.41) is 0. The van der Waals surface area contributed by atoms with Crippen LogP contribution in [0.2, 0.25) is 0 Å². The van der Waals surface area contributed by atoms with Crippen LogP contribution in [0, 0.1) is 23.2 Å². The first-order valence-electron chi connectivity index (χ1n) is 15.1. The number of rotatable bonds is 6. The second kappa shape index (κ2) is 14.4. The smallest absolute Gasteiger partial charge is 0.340 e. The highest BCUT2D eigenvalue weighted by Crippen LogP contribution is 2.51. The number of esters is 5. The van der Waals surface area contributed by atoms with Gasteiger partial charge in [0.15, 0.2) is 11.4 Å². The Morgan fingerprint density at radius 1 is 0.913 bits per heavy atom. The Bertz CT molecular complexity index is 1400. The number of carbonyl (C=O) groups excluding carboxylic acids is 6. The molecule has 8 atom stereocenters. The molecule has 0 aliphatic heterocycles. The second-order valence-corrected chi connectivity index (χ2v) is 12.7. The van der Waals surface area contributed by atoms with E-state index in [1.54, 1.807) is 45.9 Å². The predicted octanol–water partition coefficient (Wildman–Crippen LogP) is 4.11. The molecule has 0 radical (unpaired) electrons. The summed E-state index contributed by atoms with van der Waals surface area (Å²) in [5.74, 6) is -6.70. The molecule has 1 fully saturated rings. The highest BCUT2D eigenvalue weighted by atomic mass is 16.6. The Morgan fingerprint density at radius 3 is 2.09 bits per heavy atom. The molecular formula is C34H43NO11. The van der Waals surface area contributed by atoms with Gasteiger partial charge in [0.05, 0.1) is 11.5 Å². The Hall–Kier alpha value is -4.35. The Morgan fingerprint density at radius 2 is 1.54 bits per heavy atom. The van der Waals surface area contributed by atoms with Gasteiger partial charge in [0.25, 0.3) is 0 Å². The summed E-state index contributed by atoms with van der Waals surface area (Å²) >= 11 is 0. The standard InChI is InChI=1S/C34H43NO11/c1-18-12-13-33(8,9)31(45-32(41)25-11-10-14-35-17-25)26(42-21(4)36)15-19(2)28(43-22(5)37)27-29(44-23(6)38)20(3)16-34(27,30(18)40)46-24(7)39/h10-14,17-18,20,26-29,31H,2,15-16H2,1,3-9H3/t18-,20-,26+,27-,28-,29-,31+,34+/m0/s1. The van der Waals surface area contributed by atoms with Crippen molar-refractivity contribution in [1.29, 1.82) is 0 Å². The van der Waals surface area contributed by atoms with E-state index < -0.39 is 88.8 Å². The molecule has 46 heavy (non-hydrogen) atoms. The number of fused-ring (bicyclic) bond motifs is 1. The maximum atomic E-state index is 14.5. The number of ether oxygens (including phenoxy) is 5. The number of allylic oxidation sites excluding steroid dienone is 1. The molecule has 0 bridgehead atoms. The van der Waals surface area contributed by atoms with Crippen LogP contribution in [0.25, 0.3) is 0 Å². The van der Waals surface area contributed by atoms with Gasteiger partial charge in [0.2, 0.25) is 0 Å². The third kappa shape index (κ3) is 8.07. The van der Waals surface area contributed by atoms with Crippen LogP contribution in [-0.2, 0) is 47.7 Å². The van der Waals surface area contributed by atoms with Gasteiger partial charge < -0.3 is 23.7 Å². The van der Waals surface area contributed by atoms with E-state index in [0.717, 1.165) is 13.8 Å². The number of Topliss-reactive ketones (excluding diaryl/α,β-unsaturated/α-hetero) is 1. The summed E-state index contributed by atoms with van der Waals surface area (Å²) in [7, 11) is 0. The third-order valence-electron chi connectivity index (χ3n) is 8.36. The van der Waals surface area contributed by atoms with Crippen LogP contribution < -0.4 is 0 Å². The molecule has 2 aliphatic carbocycles. The van der Waals surface area contributed by atoms with Crippen LogP contribution in [0.4, 0.5) is 0 Å². The maximum absolute atomic E-state index is 14.5. The Labute approximate surface area is 268 Å². The fourth-order valence-electron chi connectivity index (χ4n) is 6.55. The zero-order valence-electron chi connectivity index (χ0n) is 27.6. The van der Waals surface area contributed by atoms with Crippen LogP contribution in [0.5, 0.6) is 0 Å². The van der Waals surface area contributed by atoms with Crippen molar-refractivity contribution in [2.45, 2.75) is 98.2 Å². The fourth-order valence-corrected chi connectivity index (χ4v) is 6.55. The fraction of sp³-hybridized carbons (Fsp3) is 0.559. The van der Waals surface area contributed by atoms with Crippen molar-refractivity contribution < 1.29 is 52.5 Å². The van der Waals surface area contributed by atoms with Crippen LogP contribution in [0.15, 0.2) is 48.8 Å². The SMILES string of the molecule is C=C1C[C@@H](OC(C)=O)[C@@H](OC(=O)c2cccnc2)C(C)(C)C=C[C@H](C)C(=O)[C@@]2(OC(C)=O)C[C@H](C)[C@H](OC(C)=O)[C@@H]2[C@H]1OC(C)=O. The molecule has 1 heterocycles. The van der Waals surface area contributed by atoms with Crippen molar-refractivity contribution in [1.82, 2.24) is 4.98 Å². The molecule has 0 N–H and O–H groups in total. The van der Waals surface area contributed by atoms with E-state index in [1.165, 1.54) is 32.3 Å². The van der Waals surface area contributed by atoms with Crippen molar-refractivity contribution in [3.8, 4) is 0 Å². The maximum Gasteiger partial charge on any atom is 0.340 e. The van der Waals surface area contributed by atoms with E-state index in [4.69, 9.17) is 23.7 Å². The second-order valence-electron chi connectivity index (χ2n) is 12.7. The normalized spacial score (nSPS) is 30.9. The summed E-state index contributed by atoms with van der Waals surface area (Å²) in [6.45, 7) is 15.8. The van der Waals surface area contributed by atoms with Crippen molar-refractivity contribution >= 4 is 35.6 Å². The summed E-state index contributed by atoms with van der Waals surface area (Å²) in [6.07, 6.45) is 1.18. The number of aromatic nitrogens is 1. The van der Waals surface area contributed by atoms with E-state index in [9.17, 15) is 28.8 Å². The van der Waals surface area contributed by atoms with Gasteiger partial charge in [0, 0.05) is 64.3 Å². The van der Waals surface area contributed by atoms with E-state index in [-0.39, 0.29) is 24.0 Å². The summed E-state index contributed by atoms with van der Waals surface area (Å²) in [6, 6.07) is 3.10. The van der Waals surface area contributed by atoms with E-state index in [0.29, 0.717) is 0 Å². The highest BCUT2D eigenvalue weighted by molar-refractivity contribution is 5.93. The minimum atomic E-state index is -1.88. The molecule has 2 aliphatic rings. The van der Waals surface area contributed by atoms with E-state index in [2.05, 4.69) is 11.6 Å². The summed E-state index contributed by atoms with van der Waals surface area (Å²) < 4.78 is 29.2. The summed E-state index contributed by atoms with van der Waals surface area (Å²) in [4.78, 5) is 81.8. The zero-order valence-corrected chi connectivity index (χ0v) is 27.6. The third-order valence-corrected chi connectivity index (χ3v) is 8.36. The Kier molecular flexibility index (Phi) is 11.3. The molecule has 0 aromatic carbocycles. The van der Waals surface area contributed by atoms with Gasteiger partial charge in [-0.15, -0.1) is 0 Å². The predicted molar refractivity (Wildman–Crippen MR) is 163 cm³/mol. The average Bonchev–Trinajstić information content (AvgIpc) is 3.21. The van der Waals surface area contributed by atoms with E-state index in [1.807, 2.05) is 0 Å². The van der Waals surface area contributed by atoms with Crippen molar-refractivity contribution in [3.63, 3.8) is 0 Å². The van der Waals surface area contributed by atoms with Crippen molar-refractivity contribution in [3.05, 3.63) is 54.4 Å². The minimum Gasteiger partial charge on any atom is -0.462 e. The number of carbonyl (C=O) groups is 6. The number of hydrogen-bond acceptors (Lipinski definition) is 12. The van der Waals surface area contributed by atoms with Crippen LogP contribution in [-0.4, -0.2) is 70.6 Å². The van der Waals surface area contributed by atoms with Gasteiger partial charge in [-0.25, -0.2) is 4.79 Å². The number of ketones is 1. The first kappa shape index (κ1) is 36.1. The molecule has 1 aromatic heterocycles. The van der Waals surface area contributed by atoms with Gasteiger partial charge in [-0.2, -0.15) is 0 Å².